The summed E-state index contributed by atoms with van der Waals surface area (Å²) in [5, 5.41) is 0. The number of esters is 3. The Hall–Kier alpha value is -3.67. The molecule has 0 spiro atoms. The summed E-state index contributed by atoms with van der Waals surface area (Å²) in [4.78, 5) is 38.0. The molecule has 6 heteroatoms. The molecule has 0 aromatic heterocycles. The lowest BCUT2D eigenvalue weighted by molar-refractivity contribution is -0.167. The van der Waals surface area contributed by atoms with Crippen LogP contribution in [0.5, 0.6) is 0 Å². The van der Waals surface area contributed by atoms with E-state index < -0.39 is 6.10 Å². The van der Waals surface area contributed by atoms with Gasteiger partial charge < -0.3 is 14.2 Å². The Morgan fingerprint density at radius 1 is 0.276 bits per heavy atom. The Kier molecular flexibility index (Phi) is 60.8. The van der Waals surface area contributed by atoms with E-state index in [2.05, 4.69) is 118 Å². The van der Waals surface area contributed by atoms with E-state index in [4.69, 9.17) is 14.2 Å². The largest absolute Gasteiger partial charge is 0.462 e. The summed E-state index contributed by atoms with van der Waals surface area (Å²) in [5.74, 6) is -0.886. The quantitative estimate of drug-likeness (QED) is 0.0261. The van der Waals surface area contributed by atoms with E-state index in [9.17, 15) is 14.4 Å². The fourth-order valence-corrected chi connectivity index (χ4v) is 9.01. The standard InChI is InChI=1S/C70H120O6/c1-4-7-10-13-16-18-20-22-24-26-28-30-32-33-34-35-36-37-39-40-42-44-46-48-50-52-54-57-60-63-69(72)75-66-67(65-74-68(71)62-59-56-15-12-9-6-3)76-70(73)64-61-58-55-53-51-49-47-45-43-41-38-31-29-27-25-23-21-19-17-14-11-8-5-2/h7,10,16,18,21-24,27-30,33-34,36-37,67H,4-6,8-9,11-15,17,19-20,25-26,31-32,35,38-66H2,1-3H3/b10-7-,18-16-,23-21-,24-22-,29-27-,30-28-,34-33-,37-36-. The van der Waals surface area contributed by atoms with Gasteiger partial charge >= 0.3 is 17.9 Å². The van der Waals surface area contributed by atoms with Crippen molar-refractivity contribution in [2.75, 3.05) is 13.2 Å². The highest BCUT2D eigenvalue weighted by Gasteiger charge is 2.19. The highest BCUT2D eigenvalue weighted by atomic mass is 16.6. The average molecular weight is 1060 g/mol. The number of ether oxygens (including phenoxy) is 3. The van der Waals surface area contributed by atoms with Crippen LogP contribution in [-0.4, -0.2) is 37.2 Å². The summed E-state index contributed by atoms with van der Waals surface area (Å²) in [6.45, 7) is 6.47. The molecule has 0 rings (SSSR count). The van der Waals surface area contributed by atoms with Gasteiger partial charge in [-0.15, -0.1) is 0 Å². The van der Waals surface area contributed by atoms with Gasteiger partial charge in [0.15, 0.2) is 6.10 Å². The van der Waals surface area contributed by atoms with E-state index in [1.54, 1.807) is 0 Å². The molecular weight excluding hydrogens is 937 g/mol. The number of hydrogen-bond acceptors (Lipinski definition) is 6. The summed E-state index contributed by atoms with van der Waals surface area (Å²) in [5.41, 5.74) is 0. The predicted molar refractivity (Wildman–Crippen MR) is 330 cm³/mol. The molecule has 0 saturated heterocycles. The van der Waals surface area contributed by atoms with Gasteiger partial charge in [0.2, 0.25) is 0 Å². The smallest absolute Gasteiger partial charge is 0.306 e. The zero-order chi connectivity index (χ0) is 55.0. The van der Waals surface area contributed by atoms with Crippen molar-refractivity contribution < 1.29 is 28.6 Å². The first-order chi connectivity index (χ1) is 37.5. The molecule has 1 unspecified atom stereocenters. The van der Waals surface area contributed by atoms with Crippen LogP contribution in [0.2, 0.25) is 0 Å². The minimum atomic E-state index is -0.778. The molecule has 6 nitrogen and oxygen atoms in total. The van der Waals surface area contributed by atoms with Crippen molar-refractivity contribution in [1.29, 1.82) is 0 Å². The van der Waals surface area contributed by atoms with Crippen LogP contribution >= 0.6 is 0 Å². The van der Waals surface area contributed by atoms with Crippen LogP contribution < -0.4 is 0 Å². The summed E-state index contributed by atoms with van der Waals surface area (Å²) < 4.78 is 16.8. The van der Waals surface area contributed by atoms with Gasteiger partial charge in [-0.25, -0.2) is 0 Å². The molecule has 0 N–H and O–H groups in total. The molecule has 1 atom stereocenters. The molecule has 76 heavy (non-hydrogen) atoms. The number of hydrogen-bond donors (Lipinski definition) is 0. The summed E-state index contributed by atoms with van der Waals surface area (Å²) >= 11 is 0. The Balaban J connectivity index is 4.10. The lowest BCUT2D eigenvalue weighted by atomic mass is 10.0. The van der Waals surface area contributed by atoms with Crippen LogP contribution in [0.15, 0.2) is 97.2 Å². The van der Waals surface area contributed by atoms with Gasteiger partial charge in [-0.1, -0.05) is 285 Å². The third-order valence-electron chi connectivity index (χ3n) is 13.8. The molecule has 0 aromatic rings. The van der Waals surface area contributed by atoms with Crippen LogP contribution in [0.25, 0.3) is 0 Å². The molecule has 0 saturated carbocycles. The molecule has 0 aliphatic heterocycles. The second-order valence-electron chi connectivity index (χ2n) is 21.3. The fraction of sp³-hybridized carbons (Fsp3) is 0.729. The maximum atomic E-state index is 12.8. The summed E-state index contributed by atoms with van der Waals surface area (Å²) in [7, 11) is 0. The molecule has 0 heterocycles. The van der Waals surface area contributed by atoms with E-state index >= 15 is 0 Å². The van der Waals surface area contributed by atoms with E-state index in [-0.39, 0.29) is 31.1 Å². The van der Waals surface area contributed by atoms with Crippen molar-refractivity contribution in [2.24, 2.45) is 0 Å². The van der Waals surface area contributed by atoms with Gasteiger partial charge in [0, 0.05) is 19.3 Å². The summed E-state index contributed by atoms with van der Waals surface area (Å²) in [6, 6.07) is 0. The second kappa shape index (κ2) is 63.9. The fourth-order valence-electron chi connectivity index (χ4n) is 9.01. The molecule has 0 bridgehead atoms. The first-order valence-corrected chi connectivity index (χ1v) is 32.2. The van der Waals surface area contributed by atoms with Gasteiger partial charge in [0.25, 0.3) is 0 Å². The Bertz CT molecular complexity index is 1490. The third-order valence-corrected chi connectivity index (χ3v) is 13.8. The molecule has 436 valence electrons. The van der Waals surface area contributed by atoms with Crippen LogP contribution in [0.1, 0.15) is 310 Å². The molecular formula is C70H120O6. The number of carbonyl (C=O) groups excluding carboxylic acids is 3. The number of rotatable bonds is 58. The monoisotopic (exact) mass is 1060 g/mol. The normalized spacial score (nSPS) is 12.7. The molecule has 0 amide bonds. The lowest BCUT2D eigenvalue weighted by Crippen LogP contribution is -2.30. The number of unbranched alkanes of at least 4 members (excludes halogenated alkanes) is 31. The highest BCUT2D eigenvalue weighted by molar-refractivity contribution is 5.71. The SMILES string of the molecule is CC/C=C\C/C=C\C/C=C\C/C=C\C/C=C\C/C=C\CCCCCCCCCCCCC(=O)OCC(COC(=O)CCCCCCCC)OC(=O)CCCCCCCCCCCCC/C=C\C/C=C\CCCCCCC. The summed E-state index contributed by atoms with van der Waals surface area (Å²) in [6.07, 6.45) is 85.9. The first kappa shape index (κ1) is 72.3. The number of carbonyl (C=O) groups is 3. The Labute approximate surface area is 470 Å². The van der Waals surface area contributed by atoms with E-state index in [1.807, 2.05) is 0 Å². The van der Waals surface area contributed by atoms with Gasteiger partial charge in [-0.05, 0) is 103 Å². The maximum Gasteiger partial charge on any atom is 0.306 e. The highest BCUT2D eigenvalue weighted by Crippen LogP contribution is 2.16. The van der Waals surface area contributed by atoms with Gasteiger partial charge in [-0.2, -0.15) is 0 Å². The van der Waals surface area contributed by atoms with Gasteiger partial charge in [-0.3, -0.25) is 14.4 Å². The number of allylic oxidation sites excluding steroid dienone is 16. The molecule has 0 radical (unpaired) electrons. The van der Waals surface area contributed by atoms with Crippen LogP contribution in [0.3, 0.4) is 0 Å². The van der Waals surface area contributed by atoms with Crippen molar-refractivity contribution in [1.82, 2.24) is 0 Å². The maximum absolute atomic E-state index is 12.8. The molecule has 0 fully saturated rings. The second-order valence-corrected chi connectivity index (χ2v) is 21.3. The lowest BCUT2D eigenvalue weighted by Gasteiger charge is -2.18. The average Bonchev–Trinajstić information content (AvgIpc) is 3.42. The topological polar surface area (TPSA) is 78.9 Å². The van der Waals surface area contributed by atoms with Gasteiger partial charge in [0.05, 0.1) is 0 Å². The minimum absolute atomic E-state index is 0.0779. The van der Waals surface area contributed by atoms with Crippen LogP contribution in [0, 0.1) is 0 Å². The molecule has 0 aliphatic carbocycles. The van der Waals surface area contributed by atoms with E-state index in [0.29, 0.717) is 19.3 Å². The van der Waals surface area contributed by atoms with Crippen molar-refractivity contribution >= 4 is 17.9 Å². The van der Waals surface area contributed by atoms with Crippen LogP contribution in [0.4, 0.5) is 0 Å². The van der Waals surface area contributed by atoms with Crippen molar-refractivity contribution in [2.45, 2.75) is 316 Å². The van der Waals surface area contributed by atoms with E-state index in [0.717, 1.165) is 103 Å². The van der Waals surface area contributed by atoms with E-state index in [1.165, 1.54) is 167 Å². The zero-order valence-electron chi connectivity index (χ0n) is 50.0. The zero-order valence-corrected chi connectivity index (χ0v) is 50.0. The van der Waals surface area contributed by atoms with Crippen molar-refractivity contribution in [3.05, 3.63) is 97.2 Å². The third kappa shape index (κ3) is 61.2. The minimum Gasteiger partial charge on any atom is -0.462 e. The Morgan fingerprint density at radius 2 is 0.513 bits per heavy atom. The molecule has 0 aliphatic rings. The Morgan fingerprint density at radius 3 is 0.803 bits per heavy atom. The first-order valence-electron chi connectivity index (χ1n) is 32.2. The predicted octanol–water partition coefficient (Wildman–Crippen LogP) is 22.0. The van der Waals surface area contributed by atoms with Crippen molar-refractivity contribution in [3.63, 3.8) is 0 Å². The molecule has 0 aromatic carbocycles. The van der Waals surface area contributed by atoms with Crippen molar-refractivity contribution in [3.8, 4) is 0 Å². The van der Waals surface area contributed by atoms with Gasteiger partial charge in [0.1, 0.15) is 13.2 Å². The van der Waals surface area contributed by atoms with Crippen LogP contribution in [-0.2, 0) is 28.6 Å².